The summed E-state index contributed by atoms with van der Waals surface area (Å²) in [6.45, 7) is 8.27. The minimum atomic E-state index is -0.245. The van der Waals surface area contributed by atoms with Crippen LogP contribution in [0, 0.1) is 11.8 Å². The van der Waals surface area contributed by atoms with Crippen LogP contribution in [0.25, 0.3) is 0 Å². The third-order valence-corrected chi connectivity index (χ3v) is 5.13. The molecule has 0 aromatic carbocycles. The van der Waals surface area contributed by atoms with Gasteiger partial charge in [0.15, 0.2) is 0 Å². The van der Waals surface area contributed by atoms with Gasteiger partial charge in [0.2, 0.25) is 0 Å². The van der Waals surface area contributed by atoms with Crippen molar-refractivity contribution in [2.24, 2.45) is 16.8 Å². The van der Waals surface area contributed by atoms with Crippen molar-refractivity contribution in [3.8, 4) is 0 Å². The molecule has 0 N–H and O–H groups in total. The number of hydrogen-bond donors (Lipinski definition) is 0. The lowest BCUT2D eigenvalue weighted by molar-refractivity contribution is -0.152. The van der Waals surface area contributed by atoms with Crippen LogP contribution in [0.4, 0.5) is 0 Å². The van der Waals surface area contributed by atoms with Gasteiger partial charge < -0.3 is 9.47 Å². The normalized spacial score (nSPS) is 39.1. The molecule has 0 bridgehead atoms. The number of thioether (sulfide) groups is 1. The van der Waals surface area contributed by atoms with Crippen molar-refractivity contribution < 1.29 is 14.3 Å². The Morgan fingerprint density at radius 2 is 2.17 bits per heavy atom. The standard InChI is InChI=1S/C13H21NO3S/c1-5-11-14-12-8(3)7(2)10(6-16-9(4)15)17-13(12)18-11/h7-8,10,12-13H,5-6H2,1-4H3/t7-,8-,10+,12+,13+/m0/s1. The zero-order valence-electron chi connectivity index (χ0n) is 11.4. The molecule has 102 valence electrons. The second-order valence-electron chi connectivity index (χ2n) is 5.05. The van der Waals surface area contributed by atoms with E-state index in [0.29, 0.717) is 18.4 Å². The highest BCUT2D eigenvalue weighted by molar-refractivity contribution is 8.14. The fourth-order valence-electron chi connectivity index (χ4n) is 2.45. The molecule has 18 heavy (non-hydrogen) atoms. The number of hydrogen-bond acceptors (Lipinski definition) is 5. The minimum absolute atomic E-state index is 0.0101. The lowest BCUT2D eigenvalue weighted by atomic mass is 9.83. The second-order valence-corrected chi connectivity index (χ2v) is 6.22. The molecule has 2 heterocycles. The van der Waals surface area contributed by atoms with Gasteiger partial charge >= 0.3 is 5.97 Å². The molecule has 0 unspecified atom stereocenters. The molecule has 1 saturated heterocycles. The summed E-state index contributed by atoms with van der Waals surface area (Å²) in [4.78, 5) is 15.6. The molecule has 1 fully saturated rings. The summed E-state index contributed by atoms with van der Waals surface area (Å²) >= 11 is 1.73. The first-order chi connectivity index (χ1) is 8.52. The van der Waals surface area contributed by atoms with Crippen molar-refractivity contribution in [3.63, 3.8) is 0 Å². The van der Waals surface area contributed by atoms with Crippen molar-refractivity contribution in [1.82, 2.24) is 0 Å². The summed E-state index contributed by atoms with van der Waals surface area (Å²) in [5, 5.41) is 1.18. The zero-order valence-corrected chi connectivity index (χ0v) is 12.2. The lowest BCUT2D eigenvalue weighted by Gasteiger charge is -2.40. The Morgan fingerprint density at radius 1 is 1.44 bits per heavy atom. The average Bonchev–Trinajstić information content (AvgIpc) is 2.75. The fraction of sp³-hybridized carbons (Fsp3) is 0.846. The molecule has 0 radical (unpaired) electrons. The Morgan fingerprint density at radius 3 is 2.78 bits per heavy atom. The van der Waals surface area contributed by atoms with Gasteiger partial charge in [-0.2, -0.15) is 0 Å². The monoisotopic (exact) mass is 271 g/mol. The van der Waals surface area contributed by atoms with Crippen LogP contribution in [0.5, 0.6) is 0 Å². The third-order valence-electron chi connectivity index (χ3n) is 3.84. The minimum Gasteiger partial charge on any atom is -0.463 e. The summed E-state index contributed by atoms with van der Waals surface area (Å²) in [5.41, 5.74) is 0.103. The summed E-state index contributed by atoms with van der Waals surface area (Å²) < 4.78 is 11.1. The first-order valence-electron chi connectivity index (χ1n) is 6.55. The molecule has 0 aromatic rings. The van der Waals surface area contributed by atoms with E-state index in [4.69, 9.17) is 14.5 Å². The van der Waals surface area contributed by atoms with Crippen LogP contribution in [0.3, 0.4) is 0 Å². The summed E-state index contributed by atoms with van der Waals surface area (Å²) in [7, 11) is 0. The van der Waals surface area contributed by atoms with Gasteiger partial charge in [-0.15, -0.1) is 0 Å². The highest BCUT2D eigenvalue weighted by Gasteiger charge is 2.45. The third kappa shape index (κ3) is 2.72. The highest BCUT2D eigenvalue weighted by atomic mass is 32.2. The Labute approximate surface area is 113 Å². The smallest absolute Gasteiger partial charge is 0.302 e. The van der Waals surface area contributed by atoms with Gasteiger partial charge in [0.1, 0.15) is 12.0 Å². The largest absolute Gasteiger partial charge is 0.463 e. The predicted molar refractivity (Wildman–Crippen MR) is 72.7 cm³/mol. The Bertz CT molecular complexity index is 358. The molecule has 2 aliphatic heterocycles. The van der Waals surface area contributed by atoms with Crippen molar-refractivity contribution in [1.29, 1.82) is 0 Å². The quantitative estimate of drug-likeness (QED) is 0.740. The van der Waals surface area contributed by atoms with E-state index >= 15 is 0 Å². The van der Waals surface area contributed by atoms with E-state index in [1.165, 1.54) is 12.0 Å². The number of carbonyl (C=O) groups excluding carboxylic acids is 1. The topological polar surface area (TPSA) is 47.9 Å². The van der Waals surface area contributed by atoms with Crippen LogP contribution in [0.15, 0.2) is 4.99 Å². The first-order valence-corrected chi connectivity index (χ1v) is 7.43. The van der Waals surface area contributed by atoms with Crippen LogP contribution < -0.4 is 0 Å². The molecule has 0 spiro atoms. The van der Waals surface area contributed by atoms with Gasteiger partial charge in [-0.05, 0) is 18.3 Å². The number of nitrogens with zero attached hydrogens (tertiary/aromatic N) is 1. The van der Waals surface area contributed by atoms with Crippen molar-refractivity contribution in [3.05, 3.63) is 0 Å². The average molecular weight is 271 g/mol. The van der Waals surface area contributed by atoms with E-state index in [1.54, 1.807) is 11.8 Å². The maximum Gasteiger partial charge on any atom is 0.302 e. The van der Waals surface area contributed by atoms with E-state index in [2.05, 4.69) is 20.8 Å². The number of rotatable bonds is 3. The molecule has 0 amide bonds. The van der Waals surface area contributed by atoms with Crippen molar-refractivity contribution in [2.75, 3.05) is 6.61 Å². The molecular formula is C13H21NO3S. The summed E-state index contributed by atoms with van der Waals surface area (Å²) in [6.07, 6.45) is 0.959. The van der Waals surface area contributed by atoms with Crippen LogP contribution in [0.2, 0.25) is 0 Å². The van der Waals surface area contributed by atoms with E-state index in [9.17, 15) is 4.79 Å². The molecule has 0 saturated carbocycles. The second kappa shape index (κ2) is 5.61. The van der Waals surface area contributed by atoms with Crippen LogP contribution in [0.1, 0.15) is 34.1 Å². The van der Waals surface area contributed by atoms with Gasteiger partial charge in [-0.1, -0.05) is 32.5 Å². The molecule has 0 aliphatic carbocycles. The van der Waals surface area contributed by atoms with Gasteiger partial charge in [0, 0.05) is 6.92 Å². The number of aliphatic imine (C=N–C) groups is 1. The molecule has 5 atom stereocenters. The number of ether oxygens (including phenoxy) is 2. The number of carbonyl (C=O) groups is 1. The molecular weight excluding hydrogens is 250 g/mol. The van der Waals surface area contributed by atoms with Crippen molar-refractivity contribution >= 4 is 22.8 Å². The predicted octanol–water partition coefficient (Wildman–Crippen LogP) is 2.47. The fourth-order valence-corrected chi connectivity index (χ4v) is 3.71. The molecule has 2 rings (SSSR count). The van der Waals surface area contributed by atoms with Crippen LogP contribution >= 0.6 is 11.8 Å². The number of esters is 1. The highest BCUT2D eigenvalue weighted by Crippen LogP contribution is 2.42. The zero-order chi connectivity index (χ0) is 13.3. The van der Waals surface area contributed by atoms with Crippen LogP contribution in [-0.4, -0.2) is 35.2 Å². The van der Waals surface area contributed by atoms with Crippen molar-refractivity contribution in [2.45, 2.75) is 51.7 Å². The van der Waals surface area contributed by atoms with Gasteiger partial charge in [-0.25, -0.2) is 0 Å². The molecule has 2 aliphatic rings. The van der Waals surface area contributed by atoms with Crippen LogP contribution in [-0.2, 0) is 14.3 Å². The maximum absolute atomic E-state index is 10.9. The maximum atomic E-state index is 10.9. The Balaban J connectivity index is 2.01. The SMILES string of the molecule is CCC1=N[C@@H]2[C@@H](C)[C@H](C)[C@@H](COC(C)=O)O[C@@H]2S1. The van der Waals surface area contributed by atoms with Gasteiger partial charge in [-0.3, -0.25) is 9.79 Å². The van der Waals surface area contributed by atoms with Gasteiger partial charge in [0.25, 0.3) is 0 Å². The summed E-state index contributed by atoms with van der Waals surface area (Å²) in [5.74, 6) is 0.567. The van der Waals surface area contributed by atoms with E-state index < -0.39 is 0 Å². The van der Waals surface area contributed by atoms with E-state index in [0.717, 1.165) is 6.42 Å². The molecule has 5 heteroatoms. The van der Waals surface area contributed by atoms with E-state index in [1.807, 2.05) is 0 Å². The summed E-state index contributed by atoms with van der Waals surface area (Å²) in [6, 6.07) is 0.258. The lowest BCUT2D eigenvalue weighted by Crippen LogP contribution is -2.47. The van der Waals surface area contributed by atoms with E-state index in [-0.39, 0.29) is 23.6 Å². The Hall–Kier alpha value is -0.550. The first kappa shape index (κ1) is 13.9. The Kier molecular flexibility index (Phi) is 4.33. The number of fused-ring (bicyclic) bond motifs is 1. The van der Waals surface area contributed by atoms with Gasteiger partial charge in [0.05, 0.1) is 17.2 Å². The molecule has 0 aromatic heterocycles. The molecule has 4 nitrogen and oxygen atoms in total.